The van der Waals surface area contributed by atoms with Crippen molar-refractivity contribution in [3.63, 3.8) is 0 Å². The fraction of sp³-hybridized carbons (Fsp3) is 0.667. The number of aryl methyl sites for hydroxylation is 1. The highest BCUT2D eigenvalue weighted by Crippen LogP contribution is 2.21. The highest BCUT2D eigenvalue weighted by molar-refractivity contribution is 7.14. The monoisotopic (exact) mass is 280 g/mol. The number of likely N-dealkylation sites (N-methyl/N-ethyl adjacent to an activating group) is 1. The van der Waals surface area contributed by atoms with Crippen LogP contribution in [0.15, 0.2) is 12.1 Å². The molecular formula is C15H24N2OS. The predicted molar refractivity (Wildman–Crippen MR) is 81.2 cm³/mol. The Kier molecular flexibility index (Phi) is 4.43. The first-order valence-corrected chi connectivity index (χ1v) is 7.79. The number of nitrogens with zero attached hydrogens (tertiary/aromatic N) is 2. The molecule has 1 aromatic rings. The van der Waals surface area contributed by atoms with Crippen LogP contribution in [0.5, 0.6) is 0 Å². The molecule has 1 aliphatic heterocycles. The molecule has 0 saturated carbocycles. The number of hydrogen-bond donors (Lipinski definition) is 0. The summed E-state index contributed by atoms with van der Waals surface area (Å²) in [5, 5.41) is 0. The lowest BCUT2D eigenvalue weighted by Crippen LogP contribution is -2.58. The molecule has 0 spiro atoms. The van der Waals surface area contributed by atoms with Gasteiger partial charge in [-0.2, -0.15) is 0 Å². The van der Waals surface area contributed by atoms with Crippen LogP contribution in [0, 0.1) is 0 Å². The van der Waals surface area contributed by atoms with E-state index in [-0.39, 0.29) is 11.3 Å². The summed E-state index contributed by atoms with van der Waals surface area (Å²) in [4.78, 5) is 19.1. The molecule has 0 unspecified atom stereocenters. The zero-order valence-corrected chi connectivity index (χ0v) is 13.2. The van der Waals surface area contributed by atoms with Crippen molar-refractivity contribution in [2.24, 2.45) is 0 Å². The van der Waals surface area contributed by atoms with E-state index >= 15 is 0 Å². The molecule has 4 heteroatoms. The number of piperazine rings is 1. The molecule has 0 bridgehead atoms. The van der Waals surface area contributed by atoms with Gasteiger partial charge in [0, 0.05) is 30.1 Å². The first kappa shape index (κ1) is 14.7. The quantitative estimate of drug-likeness (QED) is 0.792. The van der Waals surface area contributed by atoms with E-state index in [4.69, 9.17) is 0 Å². The summed E-state index contributed by atoms with van der Waals surface area (Å²) < 4.78 is 0. The molecule has 0 amide bonds. The smallest absolute Gasteiger partial charge is 0.186 e. The lowest BCUT2D eigenvalue weighted by atomic mass is 9.99. The minimum Gasteiger partial charge on any atom is -0.299 e. The van der Waals surface area contributed by atoms with E-state index in [2.05, 4.69) is 43.7 Å². The van der Waals surface area contributed by atoms with Crippen molar-refractivity contribution in [3.05, 3.63) is 21.9 Å². The average Bonchev–Trinajstić information content (AvgIpc) is 2.82. The van der Waals surface area contributed by atoms with Gasteiger partial charge < -0.3 is 0 Å². The van der Waals surface area contributed by atoms with Crippen molar-refractivity contribution in [1.82, 2.24) is 9.80 Å². The standard InChI is InChI=1S/C15H24N2OS/c1-5-12-6-7-14(19-12)13(18)10-17-9-8-16(4)15(2,3)11-17/h6-7H,5,8-11H2,1-4H3. The molecule has 1 fully saturated rings. The van der Waals surface area contributed by atoms with E-state index in [9.17, 15) is 4.79 Å². The molecular weight excluding hydrogens is 256 g/mol. The summed E-state index contributed by atoms with van der Waals surface area (Å²) in [6.07, 6.45) is 1.01. The van der Waals surface area contributed by atoms with E-state index < -0.39 is 0 Å². The van der Waals surface area contributed by atoms with Gasteiger partial charge in [0.15, 0.2) is 5.78 Å². The summed E-state index contributed by atoms with van der Waals surface area (Å²) in [5.74, 6) is 0.269. The topological polar surface area (TPSA) is 23.6 Å². The molecule has 0 aliphatic carbocycles. The van der Waals surface area contributed by atoms with Crippen LogP contribution in [0.1, 0.15) is 35.3 Å². The normalized spacial score (nSPS) is 20.6. The van der Waals surface area contributed by atoms with Crippen molar-refractivity contribution in [2.45, 2.75) is 32.7 Å². The van der Waals surface area contributed by atoms with Crippen LogP contribution in [0.25, 0.3) is 0 Å². The van der Waals surface area contributed by atoms with Gasteiger partial charge in [0.2, 0.25) is 0 Å². The minimum atomic E-state index is 0.155. The number of hydrogen-bond acceptors (Lipinski definition) is 4. The number of carbonyl (C=O) groups excluding carboxylic acids is 1. The molecule has 3 nitrogen and oxygen atoms in total. The van der Waals surface area contributed by atoms with Crippen LogP contribution in [0.2, 0.25) is 0 Å². The summed E-state index contributed by atoms with van der Waals surface area (Å²) in [6, 6.07) is 4.05. The van der Waals surface area contributed by atoms with Crippen LogP contribution in [-0.2, 0) is 6.42 Å². The zero-order valence-electron chi connectivity index (χ0n) is 12.4. The molecule has 0 N–H and O–H groups in total. The molecule has 106 valence electrons. The lowest BCUT2D eigenvalue weighted by Gasteiger charge is -2.45. The van der Waals surface area contributed by atoms with Gasteiger partial charge >= 0.3 is 0 Å². The van der Waals surface area contributed by atoms with Gasteiger partial charge in [-0.3, -0.25) is 14.6 Å². The molecule has 0 aromatic carbocycles. The molecule has 0 radical (unpaired) electrons. The third kappa shape index (κ3) is 3.44. The van der Waals surface area contributed by atoms with Crippen molar-refractivity contribution < 1.29 is 4.79 Å². The Labute approximate surface area is 120 Å². The number of rotatable bonds is 4. The fourth-order valence-corrected chi connectivity index (χ4v) is 3.35. The molecule has 1 aliphatic rings. The summed E-state index contributed by atoms with van der Waals surface area (Å²) in [6.45, 7) is 10.1. The molecule has 2 rings (SSSR count). The van der Waals surface area contributed by atoms with Crippen LogP contribution in [-0.4, -0.2) is 54.3 Å². The number of Topliss-reactive ketones (excluding diaryl/α,β-unsaturated/α-hetero) is 1. The fourth-order valence-electron chi connectivity index (χ4n) is 2.47. The highest BCUT2D eigenvalue weighted by atomic mass is 32.1. The third-order valence-corrected chi connectivity index (χ3v) is 5.32. The second-order valence-corrected chi connectivity index (χ2v) is 7.16. The number of ketones is 1. The predicted octanol–water partition coefficient (Wildman–Crippen LogP) is 2.52. The molecule has 2 heterocycles. The van der Waals surface area contributed by atoms with Gasteiger partial charge in [-0.05, 0) is 39.4 Å². The van der Waals surface area contributed by atoms with E-state index in [0.29, 0.717) is 6.54 Å². The van der Waals surface area contributed by atoms with Crippen molar-refractivity contribution in [1.29, 1.82) is 0 Å². The maximum atomic E-state index is 12.3. The maximum absolute atomic E-state index is 12.3. The van der Waals surface area contributed by atoms with E-state index in [1.54, 1.807) is 11.3 Å². The first-order chi connectivity index (χ1) is 8.92. The zero-order chi connectivity index (χ0) is 14.0. The van der Waals surface area contributed by atoms with Crippen LogP contribution in [0.4, 0.5) is 0 Å². The van der Waals surface area contributed by atoms with Crippen molar-refractivity contribution >= 4 is 17.1 Å². The van der Waals surface area contributed by atoms with E-state index in [0.717, 1.165) is 30.9 Å². The summed E-state index contributed by atoms with van der Waals surface area (Å²) >= 11 is 1.64. The summed E-state index contributed by atoms with van der Waals surface area (Å²) in [5.41, 5.74) is 0.155. The largest absolute Gasteiger partial charge is 0.299 e. The summed E-state index contributed by atoms with van der Waals surface area (Å²) in [7, 11) is 2.16. The van der Waals surface area contributed by atoms with Gasteiger partial charge in [-0.1, -0.05) is 6.92 Å². The highest BCUT2D eigenvalue weighted by Gasteiger charge is 2.31. The second-order valence-electron chi connectivity index (χ2n) is 5.99. The maximum Gasteiger partial charge on any atom is 0.186 e. The molecule has 19 heavy (non-hydrogen) atoms. The van der Waals surface area contributed by atoms with Crippen LogP contribution in [0.3, 0.4) is 0 Å². The van der Waals surface area contributed by atoms with Crippen LogP contribution < -0.4 is 0 Å². The molecule has 1 saturated heterocycles. The van der Waals surface area contributed by atoms with Gasteiger partial charge in [0.25, 0.3) is 0 Å². The van der Waals surface area contributed by atoms with Gasteiger partial charge in [-0.15, -0.1) is 11.3 Å². The first-order valence-electron chi connectivity index (χ1n) is 6.98. The molecule has 0 atom stereocenters. The van der Waals surface area contributed by atoms with Gasteiger partial charge in [-0.25, -0.2) is 0 Å². The van der Waals surface area contributed by atoms with Crippen LogP contribution >= 0.6 is 11.3 Å². The molecule has 1 aromatic heterocycles. The average molecular weight is 280 g/mol. The Morgan fingerprint density at radius 3 is 2.68 bits per heavy atom. The van der Waals surface area contributed by atoms with Crippen molar-refractivity contribution in [2.75, 3.05) is 33.2 Å². The Hall–Kier alpha value is -0.710. The Bertz CT molecular complexity index is 453. The lowest BCUT2D eigenvalue weighted by molar-refractivity contribution is 0.0391. The second kappa shape index (κ2) is 5.73. The number of thiophene rings is 1. The number of carbonyl (C=O) groups is 1. The Balaban J connectivity index is 1.96. The van der Waals surface area contributed by atoms with Gasteiger partial charge in [0.05, 0.1) is 11.4 Å². The van der Waals surface area contributed by atoms with E-state index in [1.807, 2.05) is 6.07 Å². The van der Waals surface area contributed by atoms with Gasteiger partial charge in [0.1, 0.15) is 0 Å². The van der Waals surface area contributed by atoms with E-state index in [1.165, 1.54) is 4.88 Å². The SMILES string of the molecule is CCc1ccc(C(=O)CN2CCN(C)C(C)(C)C2)s1. The van der Waals surface area contributed by atoms with Crippen molar-refractivity contribution in [3.8, 4) is 0 Å². The minimum absolute atomic E-state index is 0.155. The third-order valence-electron chi connectivity index (χ3n) is 4.05. The Morgan fingerprint density at radius 1 is 1.37 bits per heavy atom. The Morgan fingerprint density at radius 2 is 2.11 bits per heavy atom.